The highest BCUT2D eigenvalue weighted by Crippen LogP contribution is 2.28. The van der Waals surface area contributed by atoms with E-state index in [2.05, 4.69) is 26.7 Å². The third-order valence-corrected chi connectivity index (χ3v) is 9.25. The normalized spacial score (nSPS) is 25.0. The lowest BCUT2D eigenvalue weighted by atomic mass is 9.87. The summed E-state index contributed by atoms with van der Waals surface area (Å²) < 4.78 is 2.35. The highest BCUT2D eigenvalue weighted by molar-refractivity contribution is 5.84. The van der Waals surface area contributed by atoms with Gasteiger partial charge in [-0.2, -0.15) is 0 Å². The van der Waals surface area contributed by atoms with E-state index in [1.807, 2.05) is 12.5 Å². The van der Waals surface area contributed by atoms with Crippen molar-refractivity contribution in [1.82, 2.24) is 19.8 Å². The van der Waals surface area contributed by atoms with Crippen LogP contribution in [0.2, 0.25) is 0 Å². The van der Waals surface area contributed by atoms with Crippen LogP contribution >= 0.6 is 0 Å². The van der Waals surface area contributed by atoms with Crippen molar-refractivity contribution in [2.24, 2.45) is 11.8 Å². The summed E-state index contributed by atoms with van der Waals surface area (Å²) in [6.45, 7) is 5.01. The first-order chi connectivity index (χ1) is 17.2. The average Bonchev–Trinajstić information content (AvgIpc) is 3.46. The van der Waals surface area contributed by atoms with Crippen LogP contribution in [0.1, 0.15) is 128 Å². The van der Waals surface area contributed by atoms with Gasteiger partial charge in [-0.05, 0) is 50.9 Å². The van der Waals surface area contributed by atoms with Gasteiger partial charge in [-0.3, -0.25) is 4.79 Å². The Kier molecular flexibility index (Phi) is 11.0. The summed E-state index contributed by atoms with van der Waals surface area (Å²) in [5.41, 5.74) is 1.23. The first-order valence-corrected chi connectivity index (χ1v) is 15.2. The number of hydrogen-bond acceptors (Lipinski definition) is 3. The van der Waals surface area contributed by atoms with Crippen molar-refractivity contribution in [3.63, 3.8) is 0 Å². The Labute approximate surface area is 214 Å². The maximum Gasteiger partial charge on any atom is 0.240 e. The smallest absolute Gasteiger partial charge is 0.240 e. The summed E-state index contributed by atoms with van der Waals surface area (Å²) >= 11 is 0. The highest BCUT2D eigenvalue weighted by Gasteiger charge is 2.34. The SMILES string of the molecule is CC(CCC1CCCCCCC1)N1CCC(NCc2cncn2CC2CCCCCCCC2)C1=O. The van der Waals surface area contributed by atoms with E-state index in [0.717, 1.165) is 44.3 Å². The van der Waals surface area contributed by atoms with Crippen molar-refractivity contribution < 1.29 is 4.79 Å². The number of rotatable bonds is 9. The first kappa shape index (κ1) is 26.7. The Morgan fingerprint density at radius 3 is 2.14 bits per heavy atom. The minimum absolute atomic E-state index is 0.0351. The Hall–Kier alpha value is -1.36. The molecule has 2 unspecified atom stereocenters. The lowest BCUT2D eigenvalue weighted by Gasteiger charge is -2.27. The van der Waals surface area contributed by atoms with Crippen LogP contribution in [-0.2, 0) is 17.9 Å². The number of hydrogen-bond donors (Lipinski definition) is 1. The fraction of sp³-hybridized carbons (Fsp3) is 0.867. The topological polar surface area (TPSA) is 50.2 Å². The summed E-state index contributed by atoms with van der Waals surface area (Å²) in [5.74, 6) is 1.97. The second kappa shape index (κ2) is 14.4. The van der Waals surface area contributed by atoms with E-state index in [4.69, 9.17) is 0 Å². The van der Waals surface area contributed by atoms with Crippen molar-refractivity contribution in [3.8, 4) is 0 Å². The van der Waals surface area contributed by atoms with Gasteiger partial charge >= 0.3 is 0 Å². The lowest BCUT2D eigenvalue weighted by molar-refractivity contribution is -0.131. The van der Waals surface area contributed by atoms with E-state index in [9.17, 15) is 4.79 Å². The molecule has 5 nitrogen and oxygen atoms in total. The number of carbonyl (C=O) groups is 1. The molecule has 3 fully saturated rings. The van der Waals surface area contributed by atoms with Gasteiger partial charge in [0.05, 0.1) is 18.1 Å². The van der Waals surface area contributed by atoms with Crippen molar-refractivity contribution in [2.75, 3.05) is 6.54 Å². The van der Waals surface area contributed by atoms with Crippen LogP contribution in [0.4, 0.5) is 0 Å². The van der Waals surface area contributed by atoms with E-state index in [1.165, 1.54) is 108 Å². The zero-order chi connectivity index (χ0) is 24.3. The molecule has 1 N–H and O–H groups in total. The minimum Gasteiger partial charge on any atom is -0.339 e. The highest BCUT2D eigenvalue weighted by atomic mass is 16.2. The molecule has 35 heavy (non-hydrogen) atoms. The zero-order valence-electron chi connectivity index (χ0n) is 22.6. The van der Waals surface area contributed by atoms with Gasteiger partial charge in [-0.15, -0.1) is 0 Å². The molecule has 0 radical (unpaired) electrons. The molecule has 1 aliphatic heterocycles. The number of imidazole rings is 1. The number of aromatic nitrogens is 2. The van der Waals surface area contributed by atoms with Crippen molar-refractivity contribution in [1.29, 1.82) is 0 Å². The van der Waals surface area contributed by atoms with Crippen LogP contribution in [0.5, 0.6) is 0 Å². The number of amides is 1. The molecule has 0 bridgehead atoms. The third-order valence-electron chi connectivity index (χ3n) is 9.25. The molecule has 4 rings (SSSR count). The first-order valence-electron chi connectivity index (χ1n) is 15.2. The van der Waals surface area contributed by atoms with Gasteiger partial charge in [0.2, 0.25) is 5.91 Å². The van der Waals surface area contributed by atoms with Gasteiger partial charge in [-0.1, -0.05) is 83.5 Å². The minimum atomic E-state index is -0.0351. The van der Waals surface area contributed by atoms with Gasteiger partial charge < -0.3 is 14.8 Å². The molecule has 0 spiro atoms. The molecule has 5 heteroatoms. The van der Waals surface area contributed by atoms with Crippen LogP contribution in [-0.4, -0.2) is 39.0 Å². The summed E-state index contributed by atoms with van der Waals surface area (Å²) in [4.78, 5) is 19.8. The molecule has 1 aromatic rings. The molecule has 1 amide bonds. The van der Waals surface area contributed by atoms with Crippen LogP contribution < -0.4 is 5.32 Å². The number of nitrogens with one attached hydrogen (secondary N) is 1. The molecule has 198 valence electrons. The fourth-order valence-corrected chi connectivity index (χ4v) is 6.86. The van der Waals surface area contributed by atoms with Gasteiger partial charge in [0.15, 0.2) is 0 Å². The standard InChI is InChI=1S/C30H52N4O/c1-25(17-18-26-13-9-7-4-8-10-14-26)34-20-19-29(30(34)35)32-22-28-21-31-24-33(28)23-27-15-11-5-2-3-6-12-16-27/h21,24-27,29,32H,2-20,22-23H2,1H3. The third kappa shape index (κ3) is 8.33. The van der Waals surface area contributed by atoms with E-state index >= 15 is 0 Å². The van der Waals surface area contributed by atoms with E-state index < -0.39 is 0 Å². The molecule has 2 heterocycles. The monoisotopic (exact) mass is 484 g/mol. The molecule has 2 atom stereocenters. The predicted molar refractivity (Wildman–Crippen MR) is 144 cm³/mol. The average molecular weight is 485 g/mol. The summed E-state index contributed by atoms with van der Waals surface area (Å²) in [5, 5.41) is 3.60. The summed E-state index contributed by atoms with van der Waals surface area (Å²) in [7, 11) is 0. The van der Waals surface area contributed by atoms with E-state index in [0.29, 0.717) is 11.9 Å². The predicted octanol–water partition coefficient (Wildman–Crippen LogP) is 6.85. The van der Waals surface area contributed by atoms with E-state index in [-0.39, 0.29) is 6.04 Å². The summed E-state index contributed by atoms with van der Waals surface area (Å²) in [6.07, 6.45) is 28.4. The largest absolute Gasteiger partial charge is 0.339 e. The van der Waals surface area contributed by atoms with E-state index in [1.54, 1.807) is 0 Å². The van der Waals surface area contributed by atoms with Crippen LogP contribution in [0.3, 0.4) is 0 Å². The number of likely N-dealkylation sites (tertiary alicyclic amines) is 1. The maximum absolute atomic E-state index is 13.2. The Bertz CT molecular complexity index is 728. The molecule has 1 aromatic heterocycles. The molecular weight excluding hydrogens is 432 g/mol. The van der Waals surface area contributed by atoms with Crippen molar-refractivity contribution in [3.05, 3.63) is 18.2 Å². The summed E-state index contributed by atoms with van der Waals surface area (Å²) in [6, 6.07) is 0.334. The van der Waals surface area contributed by atoms with Crippen molar-refractivity contribution >= 4 is 5.91 Å². The zero-order valence-corrected chi connectivity index (χ0v) is 22.6. The van der Waals surface area contributed by atoms with Gasteiger partial charge in [0, 0.05) is 31.9 Å². The molecule has 2 saturated carbocycles. The number of carbonyl (C=O) groups excluding carboxylic acids is 1. The fourth-order valence-electron chi connectivity index (χ4n) is 6.86. The van der Waals surface area contributed by atoms with Gasteiger partial charge in [0.25, 0.3) is 0 Å². The quantitative estimate of drug-likeness (QED) is 0.417. The van der Waals surface area contributed by atoms with Crippen LogP contribution in [0, 0.1) is 11.8 Å². The molecule has 0 aromatic carbocycles. The molecule has 3 aliphatic rings. The van der Waals surface area contributed by atoms with Gasteiger partial charge in [0.1, 0.15) is 0 Å². The van der Waals surface area contributed by atoms with Crippen molar-refractivity contribution in [2.45, 2.75) is 148 Å². The molecule has 2 aliphatic carbocycles. The second-order valence-corrected chi connectivity index (χ2v) is 12.0. The van der Waals surface area contributed by atoms with Crippen LogP contribution in [0.15, 0.2) is 12.5 Å². The molecular formula is C30H52N4O. The Morgan fingerprint density at radius 1 is 0.886 bits per heavy atom. The van der Waals surface area contributed by atoms with Crippen LogP contribution in [0.25, 0.3) is 0 Å². The second-order valence-electron chi connectivity index (χ2n) is 12.0. The Morgan fingerprint density at radius 2 is 1.49 bits per heavy atom. The van der Waals surface area contributed by atoms with Gasteiger partial charge in [-0.25, -0.2) is 4.98 Å². The maximum atomic E-state index is 13.2. The lowest BCUT2D eigenvalue weighted by Crippen LogP contribution is -2.42. The Balaban J connectivity index is 1.21. The molecule has 1 saturated heterocycles. The number of nitrogens with zero attached hydrogens (tertiary/aromatic N) is 3.